The molecule has 0 saturated carbocycles. The molecular formula is C16H17BrFNO2. The maximum Gasteiger partial charge on any atom is 0.128 e. The predicted molar refractivity (Wildman–Crippen MR) is 84.0 cm³/mol. The van der Waals surface area contributed by atoms with Crippen LogP contribution >= 0.6 is 15.9 Å². The lowest BCUT2D eigenvalue weighted by atomic mass is 10.2. The van der Waals surface area contributed by atoms with Crippen LogP contribution in [0.5, 0.6) is 11.5 Å². The average Bonchev–Trinajstić information content (AvgIpc) is 2.46. The molecule has 2 rings (SSSR count). The van der Waals surface area contributed by atoms with E-state index in [0.29, 0.717) is 36.4 Å². The molecule has 0 fully saturated rings. The molecular weight excluding hydrogens is 337 g/mol. The quantitative estimate of drug-likeness (QED) is 0.767. The number of ether oxygens (including phenoxy) is 2. The van der Waals surface area contributed by atoms with Crippen molar-refractivity contribution in [2.24, 2.45) is 5.73 Å². The molecule has 112 valence electrons. The van der Waals surface area contributed by atoms with E-state index in [4.69, 9.17) is 15.2 Å². The van der Waals surface area contributed by atoms with Gasteiger partial charge in [0, 0.05) is 29.1 Å². The van der Waals surface area contributed by atoms with Crippen molar-refractivity contribution >= 4 is 15.9 Å². The summed E-state index contributed by atoms with van der Waals surface area (Å²) < 4.78 is 25.0. The van der Waals surface area contributed by atoms with Gasteiger partial charge < -0.3 is 15.2 Å². The molecule has 21 heavy (non-hydrogen) atoms. The first-order valence-corrected chi connectivity index (χ1v) is 7.48. The molecule has 0 radical (unpaired) electrons. The Hall–Kier alpha value is -1.59. The van der Waals surface area contributed by atoms with Gasteiger partial charge in [-0.2, -0.15) is 0 Å². The van der Waals surface area contributed by atoms with Crippen molar-refractivity contribution in [3.8, 4) is 11.5 Å². The highest BCUT2D eigenvalue weighted by Gasteiger charge is 2.02. The van der Waals surface area contributed by atoms with Crippen LogP contribution in [0, 0.1) is 5.82 Å². The standard InChI is InChI=1S/C16H17BrFNO2/c17-13-8-14(18)10-15(9-13)20-6-3-7-21-16-5-2-1-4-12(16)11-19/h1-2,4-5,8-10H,3,6-7,11,19H2. The molecule has 0 aromatic heterocycles. The van der Waals surface area contributed by atoms with Crippen molar-refractivity contribution in [1.82, 2.24) is 0 Å². The third-order valence-electron chi connectivity index (χ3n) is 2.84. The van der Waals surface area contributed by atoms with Crippen LogP contribution in [0.1, 0.15) is 12.0 Å². The van der Waals surface area contributed by atoms with E-state index in [9.17, 15) is 4.39 Å². The van der Waals surface area contributed by atoms with Crippen molar-refractivity contribution in [2.45, 2.75) is 13.0 Å². The minimum Gasteiger partial charge on any atom is -0.493 e. The zero-order valence-corrected chi connectivity index (χ0v) is 13.1. The van der Waals surface area contributed by atoms with Gasteiger partial charge in [-0.05, 0) is 18.2 Å². The zero-order valence-electron chi connectivity index (χ0n) is 11.5. The summed E-state index contributed by atoms with van der Waals surface area (Å²) in [5.74, 6) is 0.977. The van der Waals surface area contributed by atoms with Crippen molar-refractivity contribution in [3.63, 3.8) is 0 Å². The largest absolute Gasteiger partial charge is 0.493 e. The van der Waals surface area contributed by atoms with Gasteiger partial charge in [0.05, 0.1) is 13.2 Å². The highest BCUT2D eigenvalue weighted by molar-refractivity contribution is 9.10. The summed E-state index contributed by atoms with van der Waals surface area (Å²) in [4.78, 5) is 0. The van der Waals surface area contributed by atoms with E-state index >= 15 is 0 Å². The lowest BCUT2D eigenvalue weighted by molar-refractivity contribution is 0.245. The summed E-state index contributed by atoms with van der Waals surface area (Å²) >= 11 is 3.23. The van der Waals surface area contributed by atoms with E-state index in [1.807, 2.05) is 24.3 Å². The number of nitrogens with two attached hydrogens (primary N) is 1. The Balaban J connectivity index is 1.75. The Labute approximate surface area is 132 Å². The molecule has 3 nitrogen and oxygen atoms in total. The summed E-state index contributed by atoms with van der Waals surface area (Å²) in [5, 5.41) is 0. The predicted octanol–water partition coefficient (Wildman–Crippen LogP) is 3.89. The van der Waals surface area contributed by atoms with Crippen molar-refractivity contribution in [2.75, 3.05) is 13.2 Å². The van der Waals surface area contributed by atoms with Gasteiger partial charge in [0.15, 0.2) is 0 Å². The molecule has 0 saturated heterocycles. The van der Waals surface area contributed by atoms with Crippen LogP contribution < -0.4 is 15.2 Å². The second-order valence-electron chi connectivity index (χ2n) is 4.47. The van der Waals surface area contributed by atoms with E-state index in [0.717, 1.165) is 11.3 Å². The second kappa shape index (κ2) is 8.00. The Morgan fingerprint density at radius 3 is 2.57 bits per heavy atom. The molecule has 0 heterocycles. The van der Waals surface area contributed by atoms with Gasteiger partial charge in [-0.3, -0.25) is 0 Å². The molecule has 0 atom stereocenters. The van der Waals surface area contributed by atoms with Crippen LogP contribution in [0.3, 0.4) is 0 Å². The fraction of sp³-hybridized carbons (Fsp3) is 0.250. The highest BCUT2D eigenvalue weighted by atomic mass is 79.9. The van der Waals surface area contributed by atoms with Crippen LogP contribution in [-0.2, 0) is 6.54 Å². The van der Waals surface area contributed by atoms with Gasteiger partial charge in [0.25, 0.3) is 0 Å². The SMILES string of the molecule is NCc1ccccc1OCCCOc1cc(F)cc(Br)c1. The van der Waals surface area contributed by atoms with Gasteiger partial charge in [-0.15, -0.1) is 0 Å². The van der Waals surface area contributed by atoms with Gasteiger partial charge in [0.2, 0.25) is 0 Å². The van der Waals surface area contributed by atoms with Gasteiger partial charge >= 0.3 is 0 Å². The van der Waals surface area contributed by atoms with E-state index < -0.39 is 0 Å². The fourth-order valence-corrected chi connectivity index (χ4v) is 2.30. The summed E-state index contributed by atoms with van der Waals surface area (Å²) in [7, 11) is 0. The number of halogens is 2. The van der Waals surface area contributed by atoms with Crippen molar-refractivity contribution in [3.05, 3.63) is 58.3 Å². The first-order chi connectivity index (χ1) is 10.2. The molecule has 0 spiro atoms. The molecule has 0 aliphatic rings. The average molecular weight is 354 g/mol. The number of benzene rings is 2. The maximum atomic E-state index is 13.2. The first-order valence-electron chi connectivity index (χ1n) is 6.68. The number of hydrogen-bond acceptors (Lipinski definition) is 3. The lowest BCUT2D eigenvalue weighted by Crippen LogP contribution is -2.07. The Morgan fingerprint density at radius 2 is 1.81 bits per heavy atom. The number of rotatable bonds is 7. The maximum absolute atomic E-state index is 13.2. The summed E-state index contributed by atoms with van der Waals surface area (Å²) in [5.41, 5.74) is 6.62. The van der Waals surface area contributed by atoms with Crippen LogP contribution in [0.4, 0.5) is 4.39 Å². The normalized spacial score (nSPS) is 10.4. The first kappa shape index (κ1) is 15.8. The summed E-state index contributed by atoms with van der Waals surface area (Å²) in [6.07, 6.45) is 0.701. The topological polar surface area (TPSA) is 44.5 Å². The Morgan fingerprint density at radius 1 is 1.05 bits per heavy atom. The second-order valence-corrected chi connectivity index (χ2v) is 5.38. The molecule has 0 unspecified atom stereocenters. The van der Waals surface area contributed by atoms with Crippen molar-refractivity contribution < 1.29 is 13.9 Å². The third-order valence-corrected chi connectivity index (χ3v) is 3.30. The summed E-state index contributed by atoms with van der Waals surface area (Å²) in [6, 6.07) is 12.2. The van der Waals surface area contributed by atoms with E-state index in [2.05, 4.69) is 15.9 Å². The highest BCUT2D eigenvalue weighted by Crippen LogP contribution is 2.21. The van der Waals surface area contributed by atoms with E-state index in [-0.39, 0.29) is 5.82 Å². The minimum absolute atomic E-state index is 0.326. The molecule has 0 amide bonds. The van der Waals surface area contributed by atoms with E-state index in [1.165, 1.54) is 12.1 Å². The number of hydrogen-bond donors (Lipinski definition) is 1. The zero-order chi connectivity index (χ0) is 15.1. The Bertz CT molecular complexity index is 572. The Kier molecular flexibility index (Phi) is 6.02. The third kappa shape index (κ3) is 5.02. The van der Waals surface area contributed by atoms with Crippen molar-refractivity contribution in [1.29, 1.82) is 0 Å². The molecule has 2 aromatic rings. The van der Waals surface area contributed by atoms with Gasteiger partial charge in [-0.25, -0.2) is 4.39 Å². The van der Waals surface area contributed by atoms with Crippen LogP contribution in [-0.4, -0.2) is 13.2 Å². The molecule has 0 bridgehead atoms. The molecule has 2 N–H and O–H groups in total. The van der Waals surface area contributed by atoms with E-state index in [1.54, 1.807) is 6.07 Å². The van der Waals surface area contributed by atoms with Crippen LogP contribution in [0.2, 0.25) is 0 Å². The minimum atomic E-state index is -0.326. The smallest absolute Gasteiger partial charge is 0.128 e. The lowest BCUT2D eigenvalue weighted by Gasteiger charge is -2.11. The van der Waals surface area contributed by atoms with Crippen LogP contribution in [0.25, 0.3) is 0 Å². The van der Waals surface area contributed by atoms with Gasteiger partial charge in [-0.1, -0.05) is 34.1 Å². The fourth-order valence-electron chi connectivity index (χ4n) is 1.86. The van der Waals surface area contributed by atoms with Crippen LogP contribution in [0.15, 0.2) is 46.9 Å². The monoisotopic (exact) mass is 353 g/mol. The molecule has 5 heteroatoms. The van der Waals surface area contributed by atoms with Gasteiger partial charge in [0.1, 0.15) is 17.3 Å². The molecule has 2 aromatic carbocycles. The molecule has 0 aliphatic heterocycles. The molecule has 0 aliphatic carbocycles. The number of para-hydroxylation sites is 1. The summed E-state index contributed by atoms with van der Waals surface area (Å²) in [6.45, 7) is 1.43.